The van der Waals surface area contributed by atoms with Gasteiger partial charge in [-0.1, -0.05) is 6.92 Å². The molecule has 1 saturated carbocycles. The molecule has 0 bridgehead atoms. The molecule has 10 nitrogen and oxygen atoms in total. The van der Waals surface area contributed by atoms with Gasteiger partial charge in [0.2, 0.25) is 0 Å². The molecule has 0 N–H and O–H groups in total. The van der Waals surface area contributed by atoms with Gasteiger partial charge in [-0.05, 0) is 106 Å². The lowest BCUT2D eigenvalue weighted by atomic mass is 9.54. The molecule has 0 amide bonds. The summed E-state index contributed by atoms with van der Waals surface area (Å²) in [5, 5.41) is 0. The van der Waals surface area contributed by atoms with Gasteiger partial charge in [0, 0.05) is 25.0 Å². The molecule has 3 aliphatic rings. The molecule has 1 unspecified atom stereocenters. The second-order valence-corrected chi connectivity index (χ2v) is 12.5. The van der Waals surface area contributed by atoms with Crippen molar-refractivity contribution in [2.24, 2.45) is 11.3 Å². The molecule has 3 atom stereocenters. The Hall–Kier alpha value is -3.50. The molecule has 252 valence electrons. The molecule has 1 fully saturated rings. The lowest BCUT2D eigenvalue weighted by molar-refractivity contribution is -0.183. The topological polar surface area (TPSA) is 96.0 Å². The zero-order valence-electron chi connectivity index (χ0n) is 28.7. The van der Waals surface area contributed by atoms with Crippen LogP contribution in [0.4, 0.5) is 0 Å². The van der Waals surface area contributed by atoms with E-state index in [1.807, 2.05) is 0 Å². The van der Waals surface area contributed by atoms with Gasteiger partial charge >= 0.3 is 11.9 Å². The molecule has 5 rings (SSSR count). The summed E-state index contributed by atoms with van der Waals surface area (Å²) in [6.07, 6.45) is 2.79. The van der Waals surface area contributed by atoms with Crippen LogP contribution in [0, 0.1) is 11.3 Å². The first kappa shape index (κ1) is 33.9. The Balaban J connectivity index is 1.82. The highest BCUT2D eigenvalue weighted by molar-refractivity contribution is 6.00. The van der Waals surface area contributed by atoms with Crippen LogP contribution < -0.4 is 18.9 Å². The predicted octanol–water partition coefficient (Wildman–Crippen LogP) is 4.94. The third-order valence-electron chi connectivity index (χ3n) is 10.7. The highest BCUT2D eigenvalue weighted by Crippen LogP contribution is 2.61. The van der Waals surface area contributed by atoms with Crippen LogP contribution in [0.15, 0.2) is 24.3 Å². The number of esters is 2. The number of likely N-dealkylation sites (N-methyl/N-ethyl adjacent to an activating group) is 2. The van der Waals surface area contributed by atoms with Crippen molar-refractivity contribution in [3.8, 4) is 23.0 Å². The molecule has 2 aliphatic heterocycles. The third-order valence-corrected chi connectivity index (χ3v) is 10.7. The molecule has 2 aromatic rings. The fraction of sp³-hybridized carbons (Fsp3) is 0.611. The lowest BCUT2D eigenvalue weighted by Crippen LogP contribution is -2.63. The van der Waals surface area contributed by atoms with Crippen molar-refractivity contribution in [3.63, 3.8) is 0 Å². The molecular weight excluding hydrogens is 588 g/mol. The lowest BCUT2D eigenvalue weighted by Gasteiger charge is -2.60. The molecule has 0 radical (unpaired) electrons. The zero-order chi connectivity index (χ0) is 33.2. The maximum absolute atomic E-state index is 14.0. The standard InChI is InChI=1S/C36H50N2O8/c1-9-38-17-13-23-18-28(41-5)30(43-7)20-25(23)32(38)27-22-35(33(39)45-10-2,34(40)46-11-3)14-15-36(27)26-21-31(44-8)29(42-6)19-24(26)12-16-37(36)4/h18-21,27,32H,9-17,22H2,1-8H3/t27-,32?,36+/m1/s1. The zero-order valence-corrected chi connectivity index (χ0v) is 28.7. The normalized spacial score (nSPS) is 24.0. The van der Waals surface area contributed by atoms with E-state index >= 15 is 0 Å². The quantitative estimate of drug-likeness (QED) is 0.263. The number of carbonyl (C=O) groups is 2. The van der Waals surface area contributed by atoms with Gasteiger partial charge in [0.1, 0.15) is 0 Å². The van der Waals surface area contributed by atoms with Gasteiger partial charge < -0.3 is 28.4 Å². The van der Waals surface area contributed by atoms with Crippen molar-refractivity contribution >= 4 is 11.9 Å². The molecule has 1 spiro atoms. The van der Waals surface area contributed by atoms with E-state index in [1.165, 1.54) is 11.1 Å². The first-order chi connectivity index (χ1) is 22.2. The summed E-state index contributed by atoms with van der Waals surface area (Å²) in [6.45, 7) is 8.51. The van der Waals surface area contributed by atoms with Crippen LogP contribution in [0.3, 0.4) is 0 Å². The van der Waals surface area contributed by atoms with Crippen molar-refractivity contribution in [1.29, 1.82) is 0 Å². The Morgan fingerprint density at radius 2 is 1.30 bits per heavy atom. The monoisotopic (exact) mass is 638 g/mol. The van der Waals surface area contributed by atoms with Crippen LogP contribution in [-0.2, 0) is 37.4 Å². The smallest absolute Gasteiger partial charge is 0.323 e. The van der Waals surface area contributed by atoms with Gasteiger partial charge in [0.25, 0.3) is 0 Å². The van der Waals surface area contributed by atoms with Crippen LogP contribution >= 0.6 is 0 Å². The van der Waals surface area contributed by atoms with E-state index < -0.39 is 22.9 Å². The summed E-state index contributed by atoms with van der Waals surface area (Å²) < 4.78 is 34.5. The summed E-state index contributed by atoms with van der Waals surface area (Å²) >= 11 is 0. The van der Waals surface area contributed by atoms with Gasteiger partial charge in [-0.3, -0.25) is 19.4 Å². The second-order valence-electron chi connectivity index (χ2n) is 12.5. The number of fused-ring (bicyclic) bond motifs is 3. The van der Waals surface area contributed by atoms with Crippen LogP contribution in [0.25, 0.3) is 0 Å². The Bertz CT molecular complexity index is 1430. The summed E-state index contributed by atoms with van der Waals surface area (Å²) in [6, 6.07) is 8.24. The Labute approximate surface area is 273 Å². The van der Waals surface area contributed by atoms with Crippen molar-refractivity contribution in [2.45, 2.75) is 64.5 Å². The fourth-order valence-corrected chi connectivity index (χ4v) is 8.49. The van der Waals surface area contributed by atoms with Crippen LogP contribution in [0.5, 0.6) is 23.0 Å². The van der Waals surface area contributed by atoms with E-state index in [4.69, 9.17) is 28.4 Å². The number of rotatable bonds is 10. The van der Waals surface area contributed by atoms with Crippen molar-refractivity contribution < 1.29 is 38.0 Å². The van der Waals surface area contributed by atoms with Gasteiger partial charge in [0.15, 0.2) is 28.4 Å². The Morgan fingerprint density at radius 3 is 1.87 bits per heavy atom. The summed E-state index contributed by atoms with van der Waals surface area (Å²) in [5.41, 5.74) is 2.65. The highest BCUT2D eigenvalue weighted by atomic mass is 16.6. The summed E-state index contributed by atoms with van der Waals surface area (Å²) in [7, 11) is 8.79. The Kier molecular flexibility index (Phi) is 10.1. The molecule has 0 saturated heterocycles. The second kappa shape index (κ2) is 13.7. The molecule has 2 aromatic carbocycles. The minimum Gasteiger partial charge on any atom is -0.493 e. The summed E-state index contributed by atoms with van der Waals surface area (Å²) in [5.74, 6) is 1.44. The highest BCUT2D eigenvalue weighted by Gasteiger charge is 2.63. The Morgan fingerprint density at radius 1 is 0.761 bits per heavy atom. The van der Waals surface area contributed by atoms with Crippen LogP contribution in [0.2, 0.25) is 0 Å². The number of hydrogen-bond acceptors (Lipinski definition) is 10. The molecule has 46 heavy (non-hydrogen) atoms. The number of hydrogen-bond donors (Lipinski definition) is 0. The molecule has 10 heteroatoms. The van der Waals surface area contributed by atoms with Crippen molar-refractivity contribution in [2.75, 3.05) is 68.3 Å². The van der Waals surface area contributed by atoms with E-state index in [-0.39, 0.29) is 31.6 Å². The van der Waals surface area contributed by atoms with E-state index in [0.29, 0.717) is 35.8 Å². The van der Waals surface area contributed by atoms with Gasteiger partial charge in [-0.25, -0.2) is 0 Å². The minimum atomic E-state index is -1.44. The summed E-state index contributed by atoms with van der Waals surface area (Å²) in [4.78, 5) is 32.9. The van der Waals surface area contributed by atoms with Crippen molar-refractivity contribution in [1.82, 2.24) is 9.80 Å². The number of ether oxygens (including phenoxy) is 6. The minimum absolute atomic E-state index is 0.154. The number of methoxy groups -OCH3 is 4. The van der Waals surface area contributed by atoms with E-state index in [1.54, 1.807) is 42.3 Å². The van der Waals surface area contributed by atoms with Crippen molar-refractivity contribution in [3.05, 3.63) is 46.5 Å². The van der Waals surface area contributed by atoms with Crippen LogP contribution in [0.1, 0.15) is 68.3 Å². The van der Waals surface area contributed by atoms with E-state index in [9.17, 15) is 9.59 Å². The largest absolute Gasteiger partial charge is 0.493 e. The first-order valence-corrected chi connectivity index (χ1v) is 16.5. The number of nitrogens with zero attached hydrogens (tertiary/aromatic N) is 2. The molecule has 2 heterocycles. The van der Waals surface area contributed by atoms with E-state index in [0.717, 1.165) is 43.6 Å². The van der Waals surface area contributed by atoms with Gasteiger partial charge in [0.05, 0.1) is 47.2 Å². The van der Waals surface area contributed by atoms with Gasteiger partial charge in [-0.2, -0.15) is 0 Å². The predicted molar refractivity (Wildman–Crippen MR) is 174 cm³/mol. The molecule has 0 aromatic heterocycles. The average Bonchev–Trinajstić information content (AvgIpc) is 3.08. The maximum atomic E-state index is 14.0. The number of benzene rings is 2. The third kappa shape index (κ3) is 5.37. The molecule has 1 aliphatic carbocycles. The van der Waals surface area contributed by atoms with Crippen LogP contribution in [-0.4, -0.2) is 90.1 Å². The SMILES string of the molecule is CCOC(=O)C1(C(=O)OCC)CC[C@]2(c3cc(OC)c(OC)cc3CCN2C)[C@@H](C2c3cc(OC)c(OC)cc3CCN2CC)C1. The van der Waals surface area contributed by atoms with E-state index in [2.05, 4.69) is 48.0 Å². The number of carbonyl (C=O) groups excluding carboxylic acids is 2. The molecular formula is C36H50N2O8. The fourth-order valence-electron chi connectivity index (χ4n) is 8.49. The average molecular weight is 639 g/mol. The van der Waals surface area contributed by atoms with Gasteiger partial charge in [-0.15, -0.1) is 0 Å². The maximum Gasteiger partial charge on any atom is 0.323 e. The first-order valence-electron chi connectivity index (χ1n) is 16.5.